The Morgan fingerprint density at radius 2 is 2.04 bits per heavy atom. The zero-order valence-corrected chi connectivity index (χ0v) is 14.1. The number of rotatable bonds is 8. The van der Waals surface area contributed by atoms with Crippen molar-refractivity contribution in [3.63, 3.8) is 0 Å². The molecule has 0 amide bonds. The fraction of sp³-hybridized carbons (Fsp3) is 0.647. The van der Waals surface area contributed by atoms with Gasteiger partial charge in [0.15, 0.2) is 5.96 Å². The molecule has 0 bridgehead atoms. The van der Waals surface area contributed by atoms with Crippen LogP contribution in [0.1, 0.15) is 18.5 Å². The number of unbranched alkanes of at least 4 members (excludes halogenated alkanes) is 1. The smallest absolute Gasteiger partial charge is 0.190 e. The van der Waals surface area contributed by atoms with Gasteiger partial charge in [0, 0.05) is 51.5 Å². The van der Waals surface area contributed by atoms with E-state index in [0.717, 1.165) is 70.4 Å². The molecule has 6 heteroatoms. The number of ether oxygens (including phenoxy) is 1. The molecule has 0 atom stereocenters. The van der Waals surface area contributed by atoms with Crippen molar-refractivity contribution >= 4 is 5.96 Å². The highest BCUT2D eigenvalue weighted by atomic mass is 16.5. The number of pyridine rings is 1. The van der Waals surface area contributed by atoms with Gasteiger partial charge >= 0.3 is 0 Å². The summed E-state index contributed by atoms with van der Waals surface area (Å²) in [4.78, 5) is 11.0. The van der Waals surface area contributed by atoms with Crippen LogP contribution in [-0.4, -0.2) is 68.8 Å². The van der Waals surface area contributed by atoms with Gasteiger partial charge in [-0.3, -0.25) is 14.9 Å². The van der Waals surface area contributed by atoms with Crippen molar-refractivity contribution in [1.82, 2.24) is 20.5 Å². The Kier molecular flexibility index (Phi) is 8.43. The SMILES string of the molecule is CN=C(NCCCCN1CCOCC1)NCCc1ccccn1. The fourth-order valence-electron chi connectivity index (χ4n) is 2.57. The van der Waals surface area contributed by atoms with E-state index >= 15 is 0 Å². The van der Waals surface area contributed by atoms with Gasteiger partial charge in [-0.1, -0.05) is 6.07 Å². The molecule has 1 fully saturated rings. The lowest BCUT2D eigenvalue weighted by Crippen LogP contribution is -2.39. The first-order chi connectivity index (χ1) is 11.4. The van der Waals surface area contributed by atoms with E-state index in [4.69, 9.17) is 4.74 Å². The second-order valence-corrected chi connectivity index (χ2v) is 5.66. The first-order valence-corrected chi connectivity index (χ1v) is 8.53. The van der Waals surface area contributed by atoms with Crippen molar-refractivity contribution < 1.29 is 4.74 Å². The van der Waals surface area contributed by atoms with Gasteiger partial charge in [-0.25, -0.2) is 0 Å². The molecule has 2 N–H and O–H groups in total. The highest BCUT2D eigenvalue weighted by Gasteiger charge is 2.08. The van der Waals surface area contributed by atoms with Gasteiger partial charge in [0.05, 0.1) is 13.2 Å². The van der Waals surface area contributed by atoms with E-state index in [1.54, 1.807) is 0 Å². The molecule has 1 saturated heterocycles. The summed E-state index contributed by atoms with van der Waals surface area (Å²) in [7, 11) is 1.81. The van der Waals surface area contributed by atoms with Crippen LogP contribution in [0.15, 0.2) is 29.4 Å². The largest absolute Gasteiger partial charge is 0.379 e. The molecule has 1 aliphatic rings. The maximum absolute atomic E-state index is 5.36. The maximum atomic E-state index is 5.36. The van der Waals surface area contributed by atoms with Gasteiger partial charge in [-0.05, 0) is 31.5 Å². The molecule has 128 valence electrons. The summed E-state index contributed by atoms with van der Waals surface area (Å²) in [6, 6.07) is 6.00. The van der Waals surface area contributed by atoms with E-state index in [0.29, 0.717) is 0 Å². The summed E-state index contributed by atoms with van der Waals surface area (Å²) in [5.41, 5.74) is 1.10. The molecule has 0 unspecified atom stereocenters. The predicted molar refractivity (Wildman–Crippen MR) is 93.8 cm³/mol. The van der Waals surface area contributed by atoms with Gasteiger partial charge in [-0.15, -0.1) is 0 Å². The zero-order chi connectivity index (χ0) is 16.2. The first kappa shape index (κ1) is 17.7. The average Bonchev–Trinajstić information content (AvgIpc) is 2.61. The Bertz CT molecular complexity index is 446. The Morgan fingerprint density at radius 1 is 1.22 bits per heavy atom. The van der Waals surface area contributed by atoms with Gasteiger partial charge < -0.3 is 15.4 Å². The molecule has 2 rings (SSSR count). The summed E-state index contributed by atoms with van der Waals surface area (Å²) in [6.45, 7) is 6.86. The Morgan fingerprint density at radius 3 is 2.78 bits per heavy atom. The van der Waals surface area contributed by atoms with Crippen LogP contribution >= 0.6 is 0 Å². The Labute approximate surface area is 139 Å². The minimum Gasteiger partial charge on any atom is -0.379 e. The minimum absolute atomic E-state index is 0.838. The first-order valence-electron chi connectivity index (χ1n) is 8.53. The summed E-state index contributed by atoms with van der Waals surface area (Å²) >= 11 is 0. The van der Waals surface area contributed by atoms with E-state index in [9.17, 15) is 0 Å². The van der Waals surface area contributed by atoms with Gasteiger partial charge in [0.2, 0.25) is 0 Å². The molecule has 0 aromatic carbocycles. The van der Waals surface area contributed by atoms with Gasteiger partial charge in [0.1, 0.15) is 0 Å². The van der Waals surface area contributed by atoms with E-state index in [2.05, 4.69) is 25.5 Å². The van der Waals surface area contributed by atoms with Crippen molar-refractivity contribution in [2.24, 2.45) is 4.99 Å². The average molecular weight is 319 g/mol. The number of nitrogens with one attached hydrogen (secondary N) is 2. The van der Waals surface area contributed by atoms with Crippen molar-refractivity contribution in [3.05, 3.63) is 30.1 Å². The normalized spacial score (nSPS) is 16.3. The van der Waals surface area contributed by atoms with Crippen LogP contribution in [0.3, 0.4) is 0 Å². The number of guanidine groups is 1. The molecular weight excluding hydrogens is 290 g/mol. The van der Waals surface area contributed by atoms with E-state index < -0.39 is 0 Å². The van der Waals surface area contributed by atoms with Crippen molar-refractivity contribution in [2.45, 2.75) is 19.3 Å². The van der Waals surface area contributed by atoms with Crippen LogP contribution in [0.5, 0.6) is 0 Å². The summed E-state index contributed by atoms with van der Waals surface area (Å²) in [6.07, 6.45) is 5.09. The van der Waals surface area contributed by atoms with E-state index in [-0.39, 0.29) is 0 Å². The van der Waals surface area contributed by atoms with E-state index in [1.165, 1.54) is 6.42 Å². The molecule has 0 saturated carbocycles. The number of morpholine rings is 1. The quantitative estimate of drug-likeness (QED) is 0.423. The minimum atomic E-state index is 0.838. The third-order valence-electron chi connectivity index (χ3n) is 3.92. The predicted octanol–water partition coefficient (Wildman–Crippen LogP) is 0.902. The topological polar surface area (TPSA) is 61.8 Å². The number of hydrogen-bond donors (Lipinski definition) is 2. The number of hydrogen-bond acceptors (Lipinski definition) is 4. The second-order valence-electron chi connectivity index (χ2n) is 5.66. The lowest BCUT2D eigenvalue weighted by Gasteiger charge is -2.26. The van der Waals surface area contributed by atoms with Crippen LogP contribution in [0.25, 0.3) is 0 Å². The molecule has 23 heavy (non-hydrogen) atoms. The van der Waals surface area contributed by atoms with Crippen molar-refractivity contribution in [1.29, 1.82) is 0 Å². The van der Waals surface area contributed by atoms with Crippen molar-refractivity contribution in [3.8, 4) is 0 Å². The lowest BCUT2D eigenvalue weighted by atomic mass is 10.2. The number of aliphatic imine (C=N–C) groups is 1. The molecule has 1 aliphatic heterocycles. The van der Waals surface area contributed by atoms with Crippen LogP contribution in [0.2, 0.25) is 0 Å². The monoisotopic (exact) mass is 319 g/mol. The van der Waals surface area contributed by atoms with Gasteiger partial charge in [0.25, 0.3) is 0 Å². The number of nitrogens with zero attached hydrogens (tertiary/aromatic N) is 3. The molecular formula is C17H29N5O. The molecule has 1 aromatic heterocycles. The highest BCUT2D eigenvalue weighted by molar-refractivity contribution is 5.79. The second kappa shape index (κ2) is 11.0. The molecule has 0 aliphatic carbocycles. The summed E-state index contributed by atoms with van der Waals surface area (Å²) in [5, 5.41) is 6.70. The van der Waals surface area contributed by atoms with Crippen LogP contribution in [-0.2, 0) is 11.2 Å². The standard InChI is InChI=1S/C17H29N5O/c1-18-17(21-10-7-16-6-2-3-8-19-16)20-9-4-5-11-22-12-14-23-15-13-22/h2-3,6,8H,4-5,7,9-15H2,1H3,(H2,18,20,21). The van der Waals surface area contributed by atoms with E-state index in [1.807, 2.05) is 31.4 Å². The molecule has 1 aromatic rings. The third-order valence-corrected chi connectivity index (χ3v) is 3.92. The highest BCUT2D eigenvalue weighted by Crippen LogP contribution is 1.99. The zero-order valence-electron chi connectivity index (χ0n) is 14.1. The van der Waals surface area contributed by atoms with Crippen LogP contribution in [0, 0.1) is 0 Å². The maximum Gasteiger partial charge on any atom is 0.190 e. The van der Waals surface area contributed by atoms with Crippen molar-refractivity contribution in [2.75, 3.05) is 53.0 Å². The molecule has 0 radical (unpaired) electrons. The molecule has 6 nitrogen and oxygen atoms in total. The van der Waals surface area contributed by atoms with Crippen LogP contribution < -0.4 is 10.6 Å². The van der Waals surface area contributed by atoms with Gasteiger partial charge in [-0.2, -0.15) is 0 Å². The summed E-state index contributed by atoms with van der Waals surface area (Å²) in [5.74, 6) is 0.868. The third kappa shape index (κ3) is 7.43. The summed E-state index contributed by atoms with van der Waals surface area (Å²) < 4.78 is 5.36. The Balaban J connectivity index is 1.51. The fourth-order valence-corrected chi connectivity index (χ4v) is 2.57. The lowest BCUT2D eigenvalue weighted by molar-refractivity contribution is 0.0372. The molecule has 0 spiro atoms. The van der Waals surface area contributed by atoms with Crippen LogP contribution in [0.4, 0.5) is 0 Å². The molecule has 2 heterocycles. The Hall–Kier alpha value is -1.66. The number of aromatic nitrogens is 1.